The van der Waals surface area contributed by atoms with Crippen LogP contribution in [0.5, 0.6) is 0 Å². The van der Waals surface area contributed by atoms with Gasteiger partial charge in [0.25, 0.3) is 0 Å². The van der Waals surface area contributed by atoms with Crippen LogP contribution in [0.2, 0.25) is 5.15 Å². The van der Waals surface area contributed by atoms with Gasteiger partial charge < -0.3 is 10.3 Å². The van der Waals surface area contributed by atoms with E-state index in [4.69, 9.17) is 11.6 Å². The van der Waals surface area contributed by atoms with Crippen molar-refractivity contribution in [3.8, 4) is 11.3 Å². The Morgan fingerprint density at radius 2 is 2.04 bits per heavy atom. The molecule has 0 saturated heterocycles. The van der Waals surface area contributed by atoms with Crippen LogP contribution in [0.3, 0.4) is 0 Å². The molecular weight excluding hydrogens is 371 g/mol. The number of aromatic amines is 1. The fourth-order valence-electron chi connectivity index (χ4n) is 2.45. The third kappa shape index (κ3) is 2.81. The van der Waals surface area contributed by atoms with E-state index in [0.717, 1.165) is 6.92 Å². The highest BCUT2D eigenvalue weighted by Gasteiger charge is 2.36. The predicted molar refractivity (Wildman–Crippen MR) is 90.0 cm³/mol. The number of hydrogen-bond acceptors (Lipinski definition) is 5. The van der Waals surface area contributed by atoms with Gasteiger partial charge in [-0.2, -0.15) is 23.3 Å². The first-order valence-corrected chi connectivity index (χ1v) is 7.89. The van der Waals surface area contributed by atoms with Crippen molar-refractivity contribution in [1.82, 2.24) is 29.5 Å². The fourth-order valence-corrected chi connectivity index (χ4v) is 2.63. The lowest BCUT2D eigenvalue weighted by atomic mass is 10.2. The molecule has 4 aromatic rings. The van der Waals surface area contributed by atoms with Crippen molar-refractivity contribution in [1.29, 1.82) is 0 Å². The maximum atomic E-state index is 12.7. The van der Waals surface area contributed by atoms with Gasteiger partial charge in [-0.15, -0.1) is 0 Å². The Morgan fingerprint density at radius 1 is 1.23 bits per heavy atom. The molecule has 0 aliphatic heterocycles. The molecule has 134 valence electrons. The number of fused-ring (bicyclic) bond motifs is 2. The minimum absolute atomic E-state index is 0.114. The van der Waals surface area contributed by atoms with E-state index in [-0.39, 0.29) is 5.95 Å². The first-order valence-electron chi connectivity index (χ1n) is 7.51. The van der Waals surface area contributed by atoms with Crippen LogP contribution >= 0.6 is 11.6 Å². The number of H-pyrrole nitrogens is 1. The predicted octanol–water partition coefficient (Wildman–Crippen LogP) is 3.68. The average Bonchev–Trinajstić information content (AvgIpc) is 3.17. The van der Waals surface area contributed by atoms with E-state index >= 15 is 0 Å². The van der Waals surface area contributed by atoms with Gasteiger partial charge in [0, 0.05) is 23.3 Å². The summed E-state index contributed by atoms with van der Waals surface area (Å²) in [5, 5.41) is 7.64. The normalized spacial score (nSPS) is 13.4. The number of nitrogens with zero attached hydrogens (tertiary/aromatic N) is 5. The summed E-state index contributed by atoms with van der Waals surface area (Å²) in [5.74, 6) is -0.114. The minimum atomic E-state index is -4.39. The van der Waals surface area contributed by atoms with Crippen molar-refractivity contribution in [2.75, 3.05) is 5.32 Å². The number of alkyl halides is 3. The van der Waals surface area contributed by atoms with Crippen molar-refractivity contribution in [2.24, 2.45) is 0 Å². The van der Waals surface area contributed by atoms with Gasteiger partial charge in [-0.3, -0.25) is 0 Å². The summed E-state index contributed by atoms with van der Waals surface area (Å²) in [6.45, 7) is 1.00. The molecule has 7 nitrogen and oxygen atoms in total. The molecule has 0 bridgehead atoms. The summed E-state index contributed by atoms with van der Waals surface area (Å²) >= 11 is 6.04. The first-order chi connectivity index (χ1) is 12.3. The topological polar surface area (TPSA) is 83.8 Å². The van der Waals surface area contributed by atoms with Crippen LogP contribution in [0.1, 0.15) is 6.92 Å². The number of aromatic nitrogens is 6. The molecule has 11 heteroatoms. The minimum Gasteiger partial charge on any atom is -0.345 e. The van der Waals surface area contributed by atoms with Gasteiger partial charge in [0.05, 0.1) is 11.9 Å². The highest BCUT2D eigenvalue weighted by Crippen LogP contribution is 2.28. The van der Waals surface area contributed by atoms with Crippen molar-refractivity contribution < 1.29 is 13.2 Å². The fraction of sp³-hybridized carbons (Fsp3) is 0.200. The number of rotatable bonds is 3. The second kappa shape index (κ2) is 5.84. The molecule has 26 heavy (non-hydrogen) atoms. The van der Waals surface area contributed by atoms with Gasteiger partial charge >= 0.3 is 6.18 Å². The lowest BCUT2D eigenvalue weighted by Gasteiger charge is -2.16. The molecule has 0 fully saturated rings. The molecule has 0 saturated carbocycles. The molecule has 0 spiro atoms. The van der Waals surface area contributed by atoms with Crippen molar-refractivity contribution in [3.05, 3.63) is 35.9 Å². The summed E-state index contributed by atoms with van der Waals surface area (Å²) in [6.07, 6.45) is 0.213. The van der Waals surface area contributed by atoms with Gasteiger partial charge in [-0.1, -0.05) is 11.6 Å². The molecule has 4 rings (SSSR count). The van der Waals surface area contributed by atoms with Crippen LogP contribution in [0, 0.1) is 0 Å². The van der Waals surface area contributed by atoms with Crippen LogP contribution in [0.4, 0.5) is 19.1 Å². The zero-order chi connectivity index (χ0) is 18.5. The standard InChI is InChI=1S/C15H11ClF3N7/c1-7(15(17,18)19)23-14-22-5-9-8(4-21-13(9)24-14)10-2-3-12-20-6-11(16)26(12)25-10/h2-7H,1H3,(H2,21,22,23,24)/t7-/m0/s1. The second-order valence-electron chi connectivity index (χ2n) is 5.64. The summed E-state index contributed by atoms with van der Waals surface area (Å²) in [4.78, 5) is 15.1. The molecule has 0 amide bonds. The van der Waals surface area contributed by atoms with E-state index in [1.54, 1.807) is 18.3 Å². The number of nitrogens with one attached hydrogen (secondary N) is 2. The summed E-state index contributed by atoms with van der Waals surface area (Å²) in [5.41, 5.74) is 2.28. The van der Waals surface area contributed by atoms with Gasteiger partial charge in [0.15, 0.2) is 10.8 Å². The molecule has 0 aromatic carbocycles. The number of imidazole rings is 1. The van der Waals surface area contributed by atoms with Gasteiger partial charge in [-0.05, 0) is 19.1 Å². The highest BCUT2D eigenvalue weighted by atomic mass is 35.5. The van der Waals surface area contributed by atoms with E-state index in [0.29, 0.717) is 33.1 Å². The van der Waals surface area contributed by atoms with Crippen LogP contribution in [0.15, 0.2) is 30.7 Å². The van der Waals surface area contributed by atoms with Gasteiger partial charge in [0.1, 0.15) is 11.7 Å². The number of anilines is 1. The lowest BCUT2D eigenvalue weighted by Crippen LogP contribution is -2.33. The Morgan fingerprint density at radius 3 is 2.81 bits per heavy atom. The molecule has 4 heterocycles. The van der Waals surface area contributed by atoms with Crippen LogP contribution in [-0.4, -0.2) is 41.8 Å². The molecule has 0 radical (unpaired) electrons. The summed E-state index contributed by atoms with van der Waals surface area (Å²) in [7, 11) is 0. The largest absolute Gasteiger partial charge is 0.408 e. The quantitative estimate of drug-likeness (QED) is 0.565. The van der Waals surface area contributed by atoms with Crippen LogP contribution in [-0.2, 0) is 0 Å². The Kier molecular flexibility index (Phi) is 3.72. The SMILES string of the molecule is C[C@H](Nc1ncc2c(-c3ccc4ncc(Cl)n4n3)c[nH]c2n1)C(F)(F)F. The van der Waals surface area contributed by atoms with Gasteiger partial charge in [0.2, 0.25) is 5.95 Å². The maximum absolute atomic E-state index is 12.7. The lowest BCUT2D eigenvalue weighted by molar-refractivity contribution is -0.138. The van der Waals surface area contributed by atoms with E-state index in [2.05, 4.69) is 30.4 Å². The molecule has 1 atom stereocenters. The summed E-state index contributed by atoms with van der Waals surface area (Å²) in [6, 6.07) is 1.76. The summed E-state index contributed by atoms with van der Waals surface area (Å²) < 4.78 is 39.5. The van der Waals surface area contributed by atoms with Crippen LogP contribution in [0.25, 0.3) is 27.9 Å². The number of hydrogen-bond donors (Lipinski definition) is 2. The van der Waals surface area contributed by atoms with E-state index in [1.165, 1.54) is 16.9 Å². The zero-order valence-corrected chi connectivity index (χ0v) is 14.0. The van der Waals surface area contributed by atoms with Crippen LogP contribution < -0.4 is 5.32 Å². The molecule has 4 aromatic heterocycles. The molecule has 0 aliphatic carbocycles. The molecular formula is C15H11ClF3N7. The first kappa shape index (κ1) is 16.6. The molecule has 0 aliphatic rings. The average molecular weight is 382 g/mol. The van der Waals surface area contributed by atoms with Crippen molar-refractivity contribution >= 4 is 34.2 Å². The van der Waals surface area contributed by atoms with Gasteiger partial charge in [-0.25, -0.2) is 14.5 Å². The highest BCUT2D eigenvalue weighted by molar-refractivity contribution is 6.29. The maximum Gasteiger partial charge on any atom is 0.408 e. The number of halogens is 4. The Hall–Kier alpha value is -2.88. The second-order valence-corrected chi connectivity index (χ2v) is 6.02. The molecule has 0 unspecified atom stereocenters. The third-order valence-electron chi connectivity index (χ3n) is 3.87. The van der Waals surface area contributed by atoms with E-state index in [9.17, 15) is 13.2 Å². The third-order valence-corrected chi connectivity index (χ3v) is 4.12. The Labute approximate surface area is 149 Å². The smallest absolute Gasteiger partial charge is 0.345 e. The van der Waals surface area contributed by atoms with Crippen molar-refractivity contribution in [2.45, 2.75) is 19.1 Å². The Balaban J connectivity index is 1.71. The van der Waals surface area contributed by atoms with Crippen molar-refractivity contribution in [3.63, 3.8) is 0 Å². The monoisotopic (exact) mass is 381 g/mol. The Bertz CT molecular complexity index is 1100. The van der Waals surface area contributed by atoms with E-state index in [1.807, 2.05) is 0 Å². The zero-order valence-electron chi connectivity index (χ0n) is 13.2. The van der Waals surface area contributed by atoms with E-state index < -0.39 is 12.2 Å². The molecule has 2 N–H and O–H groups in total.